The fourth-order valence-electron chi connectivity index (χ4n) is 2.72. The average Bonchev–Trinajstić information content (AvgIpc) is 2.36. The van der Waals surface area contributed by atoms with E-state index in [0.29, 0.717) is 5.69 Å². The first-order chi connectivity index (χ1) is 9.30. The van der Waals surface area contributed by atoms with Gasteiger partial charge in [-0.05, 0) is 57.1 Å². The Morgan fingerprint density at radius 2 is 2.05 bits per heavy atom. The van der Waals surface area contributed by atoms with Crippen LogP contribution in [0.25, 0.3) is 0 Å². The monoisotopic (exact) mass is 297 g/mol. The maximum atomic E-state index is 12.7. The molecule has 1 fully saturated rings. The van der Waals surface area contributed by atoms with Gasteiger partial charge in [0.05, 0.1) is 4.90 Å². The van der Waals surface area contributed by atoms with Crippen LogP contribution in [-0.4, -0.2) is 50.8 Å². The summed E-state index contributed by atoms with van der Waals surface area (Å²) < 4.78 is 26.9. The number of hydrogen-bond donors (Lipinski definition) is 1. The van der Waals surface area contributed by atoms with Crippen molar-refractivity contribution >= 4 is 15.7 Å². The van der Waals surface area contributed by atoms with Gasteiger partial charge < -0.3 is 10.6 Å². The molecule has 1 aliphatic heterocycles. The van der Waals surface area contributed by atoms with Crippen molar-refractivity contribution in [2.45, 2.75) is 30.7 Å². The number of nitrogens with two attached hydrogens (primary N) is 1. The highest BCUT2D eigenvalue weighted by atomic mass is 32.2. The molecule has 0 radical (unpaired) electrons. The van der Waals surface area contributed by atoms with Gasteiger partial charge in [-0.25, -0.2) is 8.42 Å². The van der Waals surface area contributed by atoms with Crippen LogP contribution in [0.5, 0.6) is 0 Å². The summed E-state index contributed by atoms with van der Waals surface area (Å²) in [5, 5.41) is 0. The third-order valence-electron chi connectivity index (χ3n) is 3.86. The first kappa shape index (κ1) is 15.3. The quantitative estimate of drug-likeness (QED) is 0.854. The Bertz CT molecular complexity index is 566. The molecule has 1 atom stereocenters. The van der Waals surface area contributed by atoms with Crippen LogP contribution < -0.4 is 5.73 Å². The summed E-state index contributed by atoms with van der Waals surface area (Å²) in [4.78, 5) is 2.45. The van der Waals surface area contributed by atoms with E-state index in [4.69, 9.17) is 5.73 Å². The van der Waals surface area contributed by atoms with E-state index in [1.807, 2.05) is 14.0 Å². The van der Waals surface area contributed by atoms with E-state index < -0.39 is 10.0 Å². The third-order valence-corrected chi connectivity index (χ3v) is 5.75. The molecular weight excluding hydrogens is 274 g/mol. The molecule has 1 heterocycles. The van der Waals surface area contributed by atoms with Gasteiger partial charge in [0.1, 0.15) is 0 Å². The maximum absolute atomic E-state index is 12.7. The Hall–Kier alpha value is -1.11. The fraction of sp³-hybridized carbons (Fsp3) is 0.571. The summed E-state index contributed by atoms with van der Waals surface area (Å²) in [6, 6.07) is 5.01. The zero-order valence-electron chi connectivity index (χ0n) is 12.3. The Morgan fingerprint density at radius 3 is 2.65 bits per heavy atom. The molecule has 112 valence electrons. The minimum Gasteiger partial charge on any atom is -0.399 e. The number of nitrogens with zero attached hydrogens (tertiary/aromatic N) is 2. The van der Waals surface area contributed by atoms with Crippen LogP contribution in [0.15, 0.2) is 23.1 Å². The third kappa shape index (κ3) is 3.13. The maximum Gasteiger partial charge on any atom is 0.243 e. The lowest BCUT2D eigenvalue weighted by atomic mass is 10.1. The SMILES string of the molecule is Cc1cc(N)cc(S(=O)(=O)N(C)C2CCCN(C)C2)c1. The number of piperidine rings is 1. The molecule has 1 unspecified atom stereocenters. The molecule has 1 aliphatic rings. The minimum absolute atomic E-state index is 0.0282. The van der Waals surface area contributed by atoms with E-state index in [1.54, 1.807) is 19.2 Å². The molecule has 0 spiro atoms. The van der Waals surface area contributed by atoms with E-state index in [-0.39, 0.29) is 10.9 Å². The number of likely N-dealkylation sites (N-methyl/N-ethyl adjacent to an activating group) is 2. The van der Waals surface area contributed by atoms with Crippen LogP contribution in [0.4, 0.5) is 5.69 Å². The second-order valence-electron chi connectivity index (χ2n) is 5.66. The van der Waals surface area contributed by atoms with Gasteiger partial charge in [0.15, 0.2) is 0 Å². The predicted molar refractivity (Wildman–Crippen MR) is 81.1 cm³/mol. The first-order valence-corrected chi connectivity index (χ1v) is 8.28. The van der Waals surface area contributed by atoms with Crippen LogP contribution in [-0.2, 0) is 10.0 Å². The van der Waals surface area contributed by atoms with Gasteiger partial charge in [0, 0.05) is 25.3 Å². The molecule has 0 amide bonds. The lowest BCUT2D eigenvalue weighted by Crippen LogP contribution is -2.47. The van der Waals surface area contributed by atoms with Gasteiger partial charge in [-0.1, -0.05) is 0 Å². The molecule has 1 aromatic carbocycles. The minimum atomic E-state index is -3.48. The second kappa shape index (κ2) is 5.71. The molecule has 1 saturated heterocycles. The summed E-state index contributed by atoms with van der Waals surface area (Å²) in [7, 11) is 0.209. The van der Waals surface area contributed by atoms with Crippen molar-refractivity contribution in [2.24, 2.45) is 0 Å². The lowest BCUT2D eigenvalue weighted by Gasteiger charge is -2.35. The number of anilines is 1. The number of aryl methyl sites for hydroxylation is 1. The standard InChI is InChI=1S/C14H23N3O2S/c1-11-7-12(15)9-14(8-11)20(18,19)17(3)13-5-4-6-16(2)10-13/h7-9,13H,4-6,10,15H2,1-3H3. The van der Waals surface area contributed by atoms with E-state index in [0.717, 1.165) is 31.5 Å². The van der Waals surface area contributed by atoms with Gasteiger partial charge in [-0.15, -0.1) is 0 Å². The molecule has 0 bridgehead atoms. The van der Waals surface area contributed by atoms with E-state index in [1.165, 1.54) is 10.4 Å². The van der Waals surface area contributed by atoms with Gasteiger partial charge in [-0.3, -0.25) is 0 Å². The van der Waals surface area contributed by atoms with Crippen LogP contribution in [0.3, 0.4) is 0 Å². The zero-order valence-corrected chi connectivity index (χ0v) is 13.2. The Kier molecular flexibility index (Phi) is 4.36. The van der Waals surface area contributed by atoms with Gasteiger partial charge in [0.25, 0.3) is 0 Å². The predicted octanol–water partition coefficient (Wildman–Crippen LogP) is 1.29. The van der Waals surface area contributed by atoms with Crippen LogP contribution in [0, 0.1) is 6.92 Å². The summed E-state index contributed by atoms with van der Waals surface area (Å²) in [6.45, 7) is 3.66. The van der Waals surface area contributed by atoms with Crippen LogP contribution in [0.1, 0.15) is 18.4 Å². The van der Waals surface area contributed by atoms with Crippen molar-refractivity contribution in [3.63, 3.8) is 0 Å². The van der Waals surface area contributed by atoms with Crippen molar-refractivity contribution in [3.8, 4) is 0 Å². The van der Waals surface area contributed by atoms with Crippen molar-refractivity contribution in [1.29, 1.82) is 0 Å². The number of hydrogen-bond acceptors (Lipinski definition) is 4. The summed E-state index contributed by atoms with van der Waals surface area (Å²) in [5.74, 6) is 0. The topological polar surface area (TPSA) is 66.6 Å². The summed E-state index contributed by atoms with van der Waals surface area (Å²) >= 11 is 0. The van der Waals surface area contributed by atoms with Crippen molar-refractivity contribution < 1.29 is 8.42 Å². The lowest BCUT2D eigenvalue weighted by molar-refractivity contribution is 0.187. The molecule has 20 heavy (non-hydrogen) atoms. The Labute approximate surface area is 121 Å². The van der Waals surface area contributed by atoms with Crippen molar-refractivity contribution in [3.05, 3.63) is 23.8 Å². The van der Waals surface area contributed by atoms with Crippen LogP contribution >= 0.6 is 0 Å². The smallest absolute Gasteiger partial charge is 0.243 e. The largest absolute Gasteiger partial charge is 0.399 e. The molecule has 0 aliphatic carbocycles. The van der Waals surface area contributed by atoms with E-state index >= 15 is 0 Å². The Balaban J connectivity index is 2.29. The average molecular weight is 297 g/mol. The number of sulfonamides is 1. The molecule has 5 nitrogen and oxygen atoms in total. The molecule has 0 aromatic heterocycles. The van der Waals surface area contributed by atoms with E-state index in [2.05, 4.69) is 4.90 Å². The normalized spacial score (nSPS) is 21.3. The number of likely N-dealkylation sites (tertiary alicyclic amines) is 1. The van der Waals surface area contributed by atoms with E-state index in [9.17, 15) is 8.42 Å². The highest BCUT2D eigenvalue weighted by Crippen LogP contribution is 2.24. The second-order valence-corrected chi connectivity index (χ2v) is 7.66. The van der Waals surface area contributed by atoms with Gasteiger partial charge in [-0.2, -0.15) is 4.31 Å². The van der Waals surface area contributed by atoms with Crippen molar-refractivity contribution in [2.75, 3.05) is 32.9 Å². The molecule has 0 saturated carbocycles. The fourth-order valence-corrected chi connectivity index (χ4v) is 4.24. The number of nitrogen functional groups attached to an aromatic ring is 1. The highest BCUT2D eigenvalue weighted by Gasteiger charge is 2.30. The number of benzene rings is 1. The Morgan fingerprint density at radius 1 is 1.35 bits per heavy atom. The molecule has 6 heteroatoms. The molecule has 1 aromatic rings. The first-order valence-electron chi connectivity index (χ1n) is 6.84. The van der Waals surface area contributed by atoms with Gasteiger partial charge in [0.2, 0.25) is 10.0 Å². The van der Waals surface area contributed by atoms with Crippen molar-refractivity contribution in [1.82, 2.24) is 9.21 Å². The molecular formula is C14H23N3O2S. The van der Waals surface area contributed by atoms with Gasteiger partial charge >= 0.3 is 0 Å². The summed E-state index contributed by atoms with van der Waals surface area (Å²) in [5.41, 5.74) is 7.11. The zero-order chi connectivity index (χ0) is 14.9. The van der Waals surface area contributed by atoms with Crippen LogP contribution in [0.2, 0.25) is 0 Å². The molecule has 2 N–H and O–H groups in total. The number of rotatable bonds is 3. The molecule has 2 rings (SSSR count). The highest BCUT2D eigenvalue weighted by molar-refractivity contribution is 7.89. The summed E-state index contributed by atoms with van der Waals surface area (Å²) in [6.07, 6.45) is 1.93.